The third-order valence-electron chi connectivity index (χ3n) is 9.54. The number of likely N-dealkylation sites (tertiary alicyclic amines) is 1. The van der Waals surface area contributed by atoms with Crippen molar-refractivity contribution in [3.05, 3.63) is 61.2 Å². The fourth-order valence-electron chi connectivity index (χ4n) is 7.63. The van der Waals surface area contributed by atoms with Crippen molar-refractivity contribution in [1.29, 1.82) is 0 Å². The van der Waals surface area contributed by atoms with Crippen LogP contribution < -0.4 is 0 Å². The predicted molar refractivity (Wildman–Crippen MR) is 176 cm³/mol. The fraction of sp³-hybridized carbons (Fsp3) is 0.606. The van der Waals surface area contributed by atoms with Crippen molar-refractivity contribution < 1.29 is 24.2 Å². The Labute approximate surface area is 273 Å². The highest BCUT2D eigenvalue weighted by Crippen LogP contribution is 2.68. The van der Waals surface area contributed by atoms with Crippen LogP contribution in [0.25, 0.3) is 0 Å². The molecular formula is C33H45BrN4O5S. The molecule has 0 radical (unpaired) electrons. The second kappa shape index (κ2) is 14.5. The molecule has 5 rings (SSSR count). The maximum atomic E-state index is 14.9. The Morgan fingerprint density at radius 1 is 1.14 bits per heavy atom. The Morgan fingerprint density at radius 2 is 1.80 bits per heavy atom. The second-order valence-electron chi connectivity index (χ2n) is 12.1. The van der Waals surface area contributed by atoms with Gasteiger partial charge in [0.1, 0.15) is 6.04 Å². The van der Waals surface area contributed by atoms with Gasteiger partial charge in [0, 0.05) is 55.9 Å². The first kappa shape index (κ1) is 33.2. The second-order valence-corrected chi connectivity index (χ2v) is 14.8. The Kier molecular flexibility index (Phi) is 10.9. The zero-order valence-corrected chi connectivity index (χ0v) is 28.0. The summed E-state index contributed by atoms with van der Waals surface area (Å²) in [7, 11) is 0. The number of fused-ring (bicyclic) bond motifs is 1. The third kappa shape index (κ3) is 6.02. The van der Waals surface area contributed by atoms with Crippen LogP contribution in [-0.4, -0.2) is 129 Å². The van der Waals surface area contributed by atoms with E-state index >= 15 is 0 Å². The number of hydrogen-bond acceptors (Lipinski definition) is 7. The monoisotopic (exact) mass is 688 g/mol. The average Bonchev–Trinajstić information content (AvgIpc) is 3.63. The molecule has 1 aromatic rings. The van der Waals surface area contributed by atoms with Crippen LogP contribution in [0, 0.1) is 11.8 Å². The molecule has 1 N–H and O–H groups in total. The lowest BCUT2D eigenvalue weighted by molar-refractivity contribution is -0.147. The van der Waals surface area contributed by atoms with E-state index in [2.05, 4.69) is 34.0 Å². The zero-order valence-electron chi connectivity index (χ0n) is 25.6. The minimum atomic E-state index is -0.839. The summed E-state index contributed by atoms with van der Waals surface area (Å²) in [6.07, 6.45) is 4.83. The molecule has 0 aromatic heterocycles. The topological polar surface area (TPSA) is 93.6 Å². The summed E-state index contributed by atoms with van der Waals surface area (Å²) in [5.74, 6) is -1.67. The number of ether oxygens (including phenoxy) is 1. The van der Waals surface area contributed by atoms with Crippen LogP contribution in [-0.2, 0) is 19.1 Å². The molecule has 11 heteroatoms. The number of aliphatic hydroxyl groups excluding tert-OH is 1. The van der Waals surface area contributed by atoms with Gasteiger partial charge in [-0.05, 0) is 18.4 Å². The minimum absolute atomic E-state index is 0.0292. The van der Waals surface area contributed by atoms with Crippen molar-refractivity contribution in [3.63, 3.8) is 0 Å². The average molecular weight is 690 g/mol. The summed E-state index contributed by atoms with van der Waals surface area (Å²) in [5, 5.41) is 10.7. The van der Waals surface area contributed by atoms with Gasteiger partial charge in [0.25, 0.3) is 0 Å². The summed E-state index contributed by atoms with van der Waals surface area (Å²) in [6, 6.07) is 7.85. The summed E-state index contributed by atoms with van der Waals surface area (Å²) in [6.45, 7) is 14.9. The molecule has 9 nitrogen and oxygen atoms in total. The highest BCUT2D eigenvalue weighted by Gasteiger charge is 2.76. The standard InChI is InChI=1S/C33H45BrN4O5S/c1-4-12-36(13-5-2)30(40)26-27-31(41)38(25(22-39)23-10-8-7-9-11-23)29(33(27)21-24(34)28(26)44-33)32(42)37(14-6-3)16-15-35-17-19-43-20-18-35/h4,6-11,24-29,39H,1,3,5,12-22H2,2H3/t24?,25-,26+,27+,28+,29?,33?/m1/s1. The molecule has 2 bridgehead atoms. The SMILES string of the molecule is C=CCN(CCN1CCOCC1)C(=O)C1N([C@H](CO)c2ccccc2)C(=O)[C@@H]2[C@H](C(=O)N(CC=C)CCC)[C@H]3SC12CC3Br. The summed E-state index contributed by atoms with van der Waals surface area (Å²) >= 11 is 5.51. The van der Waals surface area contributed by atoms with Crippen molar-refractivity contribution in [2.75, 3.05) is 65.6 Å². The summed E-state index contributed by atoms with van der Waals surface area (Å²) in [5.41, 5.74) is 0.762. The molecule has 4 aliphatic rings. The van der Waals surface area contributed by atoms with Crippen molar-refractivity contribution in [2.45, 2.75) is 46.7 Å². The van der Waals surface area contributed by atoms with Gasteiger partial charge in [-0.2, -0.15) is 0 Å². The number of benzene rings is 1. The van der Waals surface area contributed by atoms with Crippen molar-refractivity contribution in [3.8, 4) is 0 Å². The van der Waals surface area contributed by atoms with Gasteiger partial charge in [0.2, 0.25) is 17.7 Å². The molecule has 0 aliphatic carbocycles. The number of aliphatic hydroxyl groups is 1. The quantitative estimate of drug-likeness (QED) is 0.237. The molecule has 240 valence electrons. The molecule has 0 saturated carbocycles. The number of hydrogen-bond donors (Lipinski definition) is 1. The van der Waals surface area contributed by atoms with Crippen LogP contribution in [0.5, 0.6) is 0 Å². The van der Waals surface area contributed by atoms with Gasteiger partial charge in [-0.3, -0.25) is 19.3 Å². The van der Waals surface area contributed by atoms with E-state index in [1.54, 1.807) is 38.6 Å². The van der Waals surface area contributed by atoms with Crippen molar-refractivity contribution >= 4 is 45.4 Å². The van der Waals surface area contributed by atoms with Gasteiger partial charge in [-0.25, -0.2) is 0 Å². The molecule has 4 fully saturated rings. The highest BCUT2D eigenvalue weighted by molar-refractivity contribution is 9.09. The van der Waals surface area contributed by atoms with Gasteiger partial charge in [-0.15, -0.1) is 24.9 Å². The lowest BCUT2D eigenvalue weighted by atomic mass is 9.70. The Morgan fingerprint density at radius 3 is 2.41 bits per heavy atom. The smallest absolute Gasteiger partial charge is 0.247 e. The van der Waals surface area contributed by atoms with E-state index in [0.717, 1.165) is 25.1 Å². The van der Waals surface area contributed by atoms with Gasteiger partial charge >= 0.3 is 0 Å². The molecule has 44 heavy (non-hydrogen) atoms. The zero-order chi connectivity index (χ0) is 31.4. The van der Waals surface area contributed by atoms with Crippen LogP contribution in [0.4, 0.5) is 0 Å². The number of rotatable bonds is 14. The predicted octanol–water partition coefficient (Wildman–Crippen LogP) is 2.96. The number of alkyl halides is 1. The molecule has 4 aliphatic heterocycles. The first-order valence-corrected chi connectivity index (χ1v) is 17.5. The number of carbonyl (C=O) groups excluding carboxylic acids is 3. The maximum absolute atomic E-state index is 14.9. The van der Waals surface area contributed by atoms with Crippen LogP contribution in [0.3, 0.4) is 0 Å². The molecule has 1 aromatic carbocycles. The lowest BCUT2D eigenvalue weighted by Gasteiger charge is -2.40. The number of amides is 3. The third-order valence-corrected chi connectivity index (χ3v) is 12.8. The molecule has 7 atom stereocenters. The van der Waals surface area contributed by atoms with E-state index < -0.39 is 28.7 Å². The van der Waals surface area contributed by atoms with Gasteiger partial charge < -0.3 is 24.5 Å². The maximum Gasteiger partial charge on any atom is 0.247 e. The molecule has 1 spiro atoms. The number of nitrogens with zero attached hydrogens (tertiary/aromatic N) is 4. The van der Waals surface area contributed by atoms with Crippen LogP contribution in [0.2, 0.25) is 0 Å². The lowest BCUT2D eigenvalue weighted by Crippen LogP contribution is -2.57. The van der Waals surface area contributed by atoms with Crippen molar-refractivity contribution in [2.24, 2.45) is 11.8 Å². The number of halogens is 1. The van der Waals surface area contributed by atoms with Crippen LogP contribution >= 0.6 is 27.7 Å². The summed E-state index contributed by atoms with van der Waals surface area (Å²) < 4.78 is 4.70. The van der Waals surface area contributed by atoms with Crippen molar-refractivity contribution in [1.82, 2.24) is 19.6 Å². The first-order chi connectivity index (χ1) is 21.3. The molecule has 3 unspecified atom stereocenters. The van der Waals surface area contributed by atoms with Gasteiger partial charge in [0.15, 0.2) is 0 Å². The Balaban J connectivity index is 1.56. The Bertz CT molecular complexity index is 1220. The largest absolute Gasteiger partial charge is 0.394 e. The number of thioether (sulfide) groups is 1. The molecule has 4 heterocycles. The minimum Gasteiger partial charge on any atom is -0.394 e. The summed E-state index contributed by atoms with van der Waals surface area (Å²) in [4.78, 5) is 51.4. The molecule has 3 amide bonds. The molecular weight excluding hydrogens is 644 g/mol. The van der Waals surface area contributed by atoms with Crippen LogP contribution in [0.1, 0.15) is 31.4 Å². The van der Waals surface area contributed by atoms with E-state index in [-0.39, 0.29) is 34.4 Å². The van der Waals surface area contributed by atoms with E-state index in [4.69, 9.17) is 4.74 Å². The first-order valence-electron chi connectivity index (χ1n) is 15.7. The number of morpholine rings is 1. The molecule has 4 saturated heterocycles. The Hall–Kier alpha value is -2.18. The van der Waals surface area contributed by atoms with Gasteiger partial charge in [0.05, 0.1) is 42.4 Å². The number of carbonyl (C=O) groups is 3. The van der Waals surface area contributed by atoms with Gasteiger partial charge in [-0.1, -0.05) is 65.3 Å². The highest BCUT2D eigenvalue weighted by atomic mass is 79.9. The van der Waals surface area contributed by atoms with Crippen LogP contribution in [0.15, 0.2) is 55.6 Å². The fourth-order valence-corrected chi connectivity index (χ4v) is 11.2. The van der Waals surface area contributed by atoms with E-state index in [1.165, 1.54) is 0 Å². The van der Waals surface area contributed by atoms with E-state index in [9.17, 15) is 19.5 Å². The van der Waals surface area contributed by atoms with E-state index in [0.29, 0.717) is 52.4 Å². The van der Waals surface area contributed by atoms with E-state index in [1.807, 2.05) is 37.3 Å². The normalized spacial score (nSPS) is 30.2.